The van der Waals surface area contributed by atoms with E-state index in [0.717, 1.165) is 12.2 Å². The third-order valence-electron chi connectivity index (χ3n) is 0.894. The Labute approximate surface area is 66.9 Å². The first-order valence-corrected chi connectivity index (χ1v) is 7.15. The molecule has 4 heteroatoms. The Morgan fingerprint density at radius 2 is 2.10 bits per heavy atom. The summed E-state index contributed by atoms with van der Waals surface area (Å²) in [5.41, 5.74) is 0. The minimum atomic E-state index is -2.29. The van der Waals surface area contributed by atoms with E-state index >= 15 is 0 Å². The molecule has 10 heavy (non-hydrogen) atoms. The van der Waals surface area contributed by atoms with Crippen LogP contribution in [0.2, 0.25) is 0 Å². The molecule has 0 saturated carbocycles. The molecule has 0 aromatic heterocycles. The van der Waals surface area contributed by atoms with E-state index in [4.69, 9.17) is 4.52 Å². The highest BCUT2D eigenvalue weighted by Gasteiger charge is 2.13. The molecule has 0 aliphatic carbocycles. The summed E-state index contributed by atoms with van der Waals surface area (Å²) in [6, 6.07) is 0. The van der Waals surface area contributed by atoms with Crippen LogP contribution in [0.4, 0.5) is 0 Å². The fraction of sp³-hybridized carbons (Fsp3) is 1.00. The Bertz CT molecular complexity index is 127. The fourth-order valence-corrected chi connectivity index (χ4v) is 3.67. The summed E-state index contributed by atoms with van der Waals surface area (Å²) in [4.78, 5) is 0. The molecule has 0 rings (SSSR count). The normalized spacial score (nSPS) is 16.7. The fourth-order valence-electron chi connectivity index (χ4n) is 0.529. The van der Waals surface area contributed by atoms with Crippen LogP contribution in [0.3, 0.4) is 0 Å². The van der Waals surface area contributed by atoms with Crippen molar-refractivity contribution in [3.05, 3.63) is 0 Å². The van der Waals surface area contributed by atoms with Gasteiger partial charge in [-0.3, -0.25) is 4.57 Å². The van der Waals surface area contributed by atoms with E-state index in [1.54, 1.807) is 6.66 Å². The average molecular weight is 182 g/mol. The Morgan fingerprint density at radius 1 is 1.50 bits per heavy atom. The van der Waals surface area contributed by atoms with Crippen LogP contribution in [0, 0.1) is 0 Å². The largest absolute Gasteiger partial charge is 0.322 e. The molecule has 1 unspecified atom stereocenters. The van der Waals surface area contributed by atoms with E-state index in [1.165, 1.54) is 11.4 Å². The summed E-state index contributed by atoms with van der Waals surface area (Å²) in [6.07, 6.45) is 1.05. The second-order valence-electron chi connectivity index (χ2n) is 2.02. The van der Waals surface area contributed by atoms with Gasteiger partial charge >= 0.3 is 0 Å². The van der Waals surface area contributed by atoms with Gasteiger partial charge in [0.1, 0.15) is 0 Å². The van der Waals surface area contributed by atoms with Gasteiger partial charge in [0.15, 0.2) is 0 Å². The Hall–Kier alpha value is 0.540. The second kappa shape index (κ2) is 5.22. The monoisotopic (exact) mass is 182 g/mol. The molecule has 0 amide bonds. The van der Waals surface area contributed by atoms with Gasteiger partial charge in [-0.05, 0) is 13.3 Å². The van der Waals surface area contributed by atoms with Gasteiger partial charge in [-0.15, -0.1) is 0 Å². The van der Waals surface area contributed by atoms with Crippen molar-refractivity contribution < 1.29 is 9.09 Å². The molecule has 0 bridgehead atoms. The summed E-state index contributed by atoms with van der Waals surface area (Å²) < 4.78 is 16.4. The molecule has 0 radical (unpaired) electrons. The molecule has 1 atom stereocenters. The van der Waals surface area contributed by atoms with Gasteiger partial charge in [-0.25, -0.2) is 0 Å². The van der Waals surface area contributed by atoms with Crippen molar-refractivity contribution in [2.45, 2.75) is 20.3 Å². The number of rotatable bonds is 5. The summed E-state index contributed by atoms with van der Waals surface area (Å²) >= 11 is 1.44. The van der Waals surface area contributed by atoms with E-state index in [1.807, 2.05) is 6.92 Å². The first-order valence-electron chi connectivity index (χ1n) is 3.49. The van der Waals surface area contributed by atoms with Gasteiger partial charge in [-0.2, -0.15) is 0 Å². The van der Waals surface area contributed by atoms with Crippen molar-refractivity contribution in [2.75, 3.05) is 19.0 Å². The van der Waals surface area contributed by atoms with Crippen molar-refractivity contribution in [1.82, 2.24) is 0 Å². The summed E-state index contributed by atoms with van der Waals surface area (Å²) in [6.45, 7) is 3.86. The third kappa shape index (κ3) is 5.33. The van der Waals surface area contributed by atoms with Gasteiger partial charge in [-0.1, -0.05) is 18.3 Å². The molecule has 2 nitrogen and oxygen atoms in total. The topological polar surface area (TPSA) is 26.3 Å². The van der Waals surface area contributed by atoms with Gasteiger partial charge < -0.3 is 4.52 Å². The van der Waals surface area contributed by atoms with Crippen LogP contribution in [-0.4, -0.2) is 19.0 Å². The highest BCUT2D eigenvalue weighted by Crippen LogP contribution is 2.56. The first-order chi connectivity index (χ1) is 4.62. The van der Waals surface area contributed by atoms with E-state index in [9.17, 15) is 4.57 Å². The Morgan fingerprint density at radius 3 is 2.50 bits per heavy atom. The zero-order valence-corrected chi connectivity index (χ0v) is 8.50. The molecule has 0 saturated heterocycles. The Balaban J connectivity index is 3.53. The minimum Gasteiger partial charge on any atom is -0.322 e. The zero-order chi connectivity index (χ0) is 8.04. The van der Waals surface area contributed by atoms with Crippen molar-refractivity contribution in [3.8, 4) is 0 Å². The van der Waals surface area contributed by atoms with E-state index < -0.39 is 6.57 Å². The molecular weight excluding hydrogens is 167 g/mol. The first kappa shape index (κ1) is 10.5. The van der Waals surface area contributed by atoms with Gasteiger partial charge in [0.25, 0.3) is 6.57 Å². The maximum absolute atomic E-state index is 11.3. The van der Waals surface area contributed by atoms with Crippen LogP contribution >= 0.6 is 18.0 Å². The summed E-state index contributed by atoms with van der Waals surface area (Å²) in [5.74, 6) is 0.924. The van der Waals surface area contributed by atoms with E-state index in [2.05, 4.69) is 6.92 Å². The third-order valence-corrected chi connectivity index (χ3v) is 4.95. The lowest BCUT2D eigenvalue weighted by Crippen LogP contribution is -1.84. The quantitative estimate of drug-likeness (QED) is 0.611. The van der Waals surface area contributed by atoms with Gasteiger partial charge in [0.05, 0.1) is 6.61 Å². The van der Waals surface area contributed by atoms with Gasteiger partial charge in [0, 0.05) is 12.4 Å². The molecule has 0 spiro atoms. The molecule has 0 aliphatic heterocycles. The van der Waals surface area contributed by atoms with E-state index in [-0.39, 0.29) is 0 Å². The van der Waals surface area contributed by atoms with Gasteiger partial charge in [0.2, 0.25) is 0 Å². The molecule has 0 N–H and O–H groups in total. The lowest BCUT2D eigenvalue weighted by Gasteiger charge is -2.09. The van der Waals surface area contributed by atoms with E-state index in [0.29, 0.717) is 6.61 Å². The summed E-state index contributed by atoms with van der Waals surface area (Å²) in [7, 11) is 0. The van der Waals surface area contributed by atoms with Crippen molar-refractivity contribution in [3.63, 3.8) is 0 Å². The highest BCUT2D eigenvalue weighted by atomic mass is 32.7. The molecule has 0 aromatic rings. The average Bonchev–Trinajstić information content (AvgIpc) is 1.84. The van der Waals surface area contributed by atoms with Crippen LogP contribution in [0.5, 0.6) is 0 Å². The minimum absolute atomic E-state index is 0.546. The van der Waals surface area contributed by atoms with Crippen molar-refractivity contribution in [2.24, 2.45) is 0 Å². The SMILES string of the molecule is CCCSP(C)(=O)OCC. The lowest BCUT2D eigenvalue weighted by molar-refractivity contribution is 0.350. The molecule has 0 aliphatic rings. The highest BCUT2D eigenvalue weighted by molar-refractivity contribution is 8.56. The zero-order valence-electron chi connectivity index (χ0n) is 6.79. The maximum Gasteiger partial charge on any atom is 0.254 e. The van der Waals surface area contributed by atoms with Crippen LogP contribution in [-0.2, 0) is 9.09 Å². The molecular formula is C6H15O2PS. The van der Waals surface area contributed by atoms with Crippen molar-refractivity contribution in [1.29, 1.82) is 0 Å². The predicted octanol–water partition coefficient (Wildman–Crippen LogP) is 2.99. The maximum atomic E-state index is 11.3. The van der Waals surface area contributed by atoms with Crippen LogP contribution in [0.25, 0.3) is 0 Å². The lowest BCUT2D eigenvalue weighted by atomic mass is 10.6. The molecule has 62 valence electrons. The van der Waals surface area contributed by atoms with Crippen LogP contribution < -0.4 is 0 Å². The van der Waals surface area contributed by atoms with Crippen LogP contribution in [0.1, 0.15) is 20.3 Å². The van der Waals surface area contributed by atoms with Crippen molar-refractivity contribution >= 4 is 18.0 Å². The Kier molecular flexibility index (Phi) is 5.51. The second-order valence-corrected chi connectivity index (χ2v) is 7.25. The molecule has 0 aromatic carbocycles. The number of hydrogen-bond acceptors (Lipinski definition) is 3. The van der Waals surface area contributed by atoms with Crippen LogP contribution in [0.15, 0.2) is 0 Å². The smallest absolute Gasteiger partial charge is 0.254 e. The predicted molar refractivity (Wildman–Crippen MR) is 47.9 cm³/mol. The summed E-state index contributed by atoms with van der Waals surface area (Å²) in [5, 5.41) is 0. The molecule has 0 heterocycles. The molecule has 0 fully saturated rings. The standard InChI is InChI=1S/C6H15O2PS/c1-4-6-10-9(3,7)8-5-2/h4-6H2,1-3H3. The number of hydrogen-bond donors (Lipinski definition) is 0.